The van der Waals surface area contributed by atoms with E-state index in [0.29, 0.717) is 11.3 Å². The van der Waals surface area contributed by atoms with Gasteiger partial charge >= 0.3 is 5.97 Å². The van der Waals surface area contributed by atoms with E-state index >= 15 is 0 Å². The maximum atomic E-state index is 12.9. The molecule has 130 valence electrons. The van der Waals surface area contributed by atoms with E-state index in [1.807, 2.05) is 13.8 Å². The van der Waals surface area contributed by atoms with E-state index in [2.05, 4.69) is 13.8 Å². The number of fused-ring (bicyclic) bond motifs is 2. The number of rotatable bonds is 2. The monoisotopic (exact) mass is 330 g/mol. The average molecular weight is 330 g/mol. The predicted molar refractivity (Wildman–Crippen MR) is 90.8 cm³/mol. The number of carbonyl (C=O) groups excluding carboxylic acids is 2. The summed E-state index contributed by atoms with van der Waals surface area (Å²) in [6.07, 6.45) is 5.58. The molecule has 1 aromatic heterocycles. The summed E-state index contributed by atoms with van der Waals surface area (Å²) >= 11 is 0. The van der Waals surface area contributed by atoms with Gasteiger partial charge in [0.2, 0.25) is 5.78 Å². The van der Waals surface area contributed by atoms with Crippen LogP contribution in [0.25, 0.3) is 0 Å². The van der Waals surface area contributed by atoms with Gasteiger partial charge in [-0.05, 0) is 56.9 Å². The largest absolute Gasteiger partial charge is 0.461 e. The van der Waals surface area contributed by atoms with Crippen LogP contribution in [0, 0.1) is 24.2 Å². The molecule has 3 rings (SSSR count). The van der Waals surface area contributed by atoms with Crippen LogP contribution in [-0.2, 0) is 16.0 Å². The molecule has 0 unspecified atom stereocenters. The number of allylic oxidation sites excluding steroid dienone is 1. The molecule has 2 aliphatic rings. The second-order valence-electron chi connectivity index (χ2n) is 7.61. The Labute approximate surface area is 143 Å². The Kier molecular flexibility index (Phi) is 4.18. The average Bonchev–Trinajstić information content (AvgIpc) is 2.91. The molecule has 1 fully saturated rings. The van der Waals surface area contributed by atoms with Crippen molar-refractivity contribution in [1.82, 2.24) is 0 Å². The first-order valence-electron chi connectivity index (χ1n) is 8.74. The highest BCUT2D eigenvalue weighted by Crippen LogP contribution is 2.53. The van der Waals surface area contributed by atoms with Crippen LogP contribution in [-0.4, -0.2) is 17.9 Å². The summed E-state index contributed by atoms with van der Waals surface area (Å²) < 4.78 is 11.3. The third-order valence-electron chi connectivity index (χ3n) is 6.35. The smallest absolute Gasteiger partial charge is 0.333 e. The number of furan rings is 1. The summed E-state index contributed by atoms with van der Waals surface area (Å²) in [6, 6.07) is 0. The zero-order valence-electron chi connectivity index (χ0n) is 15.1. The molecule has 4 heteroatoms. The quantitative estimate of drug-likeness (QED) is 0.600. The molecule has 1 aromatic rings. The minimum atomic E-state index is -0.251. The third-order valence-corrected chi connectivity index (χ3v) is 6.35. The lowest BCUT2D eigenvalue weighted by Crippen LogP contribution is -2.52. The lowest BCUT2D eigenvalue weighted by molar-refractivity contribution is -0.154. The number of ketones is 1. The molecule has 0 aromatic carbocycles. The number of hydrogen-bond donors (Lipinski definition) is 0. The van der Waals surface area contributed by atoms with Crippen LogP contribution in [0.15, 0.2) is 22.3 Å². The molecule has 1 saturated carbocycles. The Bertz CT molecular complexity index is 711. The van der Waals surface area contributed by atoms with Crippen LogP contribution in [0.5, 0.6) is 0 Å². The Morgan fingerprint density at radius 2 is 2.12 bits per heavy atom. The van der Waals surface area contributed by atoms with Gasteiger partial charge in [-0.1, -0.05) is 19.9 Å². The fourth-order valence-corrected chi connectivity index (χ4v) is 4.31. The molecule has 24 heavy (non-hydrogen) atoms. The molecule has 0 saturated heterocycles. The molecule has 0 radical (unpaired) electrons. The second-order valence-corrected chi connectivity index (χ2v) is 7.61. The molecule has 0 spiro atoms. The van der Waals surface area contributed by atoms with Gasteiger partial charge in [-0.25, -0.2) is 4.79 Å². The normalized spacial score (nSPS) is 33.0. The number of hydrogen-bond acceptors (Lipinski definition) is 4. The van der Waals surface area contributed by atoms with Gasteiger partial charge in [0.1, 0.15) is 6.10 Å². The molecule has 4 nitrogen and oxygen atoms in total. The van der Waals surface area contributed by atoms with E-state index in [1.165, 1.54) is 0 Å². The van der Waals surface area contributed by atoms with E-state index in [1.54, 1.807) is 19.3 Å². The standard InChI is InChI=1S/C20H26O4/c1-6-11(2)19(22)24-16-8-7-15-17(21)18-14(12(3)10-23-18)9-20(15,5)13(16)4/h6,10,13,15-16H,7-9H2,1-5H3/t13-,15-,16+,20+/m0/s1. The van der Waals surface area contributed by atoms with Gasteiger partial charge in [0.15, 0.2) is 5.76 Å². The molecule has 0 aliphatic heterocycles. The number of carbonyl (C=O) groups is 2. The van der Waals surface area contributed by atoms with E-state index in [0.717, 1.165) is 30.4 Å². The maximum Gasteiger partial charge on any atom is 0.333 e. The lowest BCUT2D eigenvalue weighted by Gasteiger charge is -2.50. The van der Waals surface area contributed by atoms with E-state index < -0.39 is 0 Å². The molecular weight excluding hydrogens is 304 g/mol. The number of aryl methyl sites for hydroxylation is 1. The SMILES string of the molecule is CC=C(C)C(=O)O[C@@H]1CC[C@H]2C(=O)c3occ(C)c3C[C@]2(C)[C@H]1C. The van der Waals surface area contributed by atoms with E-state index in [9.17, 15) is 9.59 Å². The Morgan fingerprint density at radius 1 is 1.42 bits per heavy atom. The van der Waals surface area contributed by atoms with Gasteiger partial charge in [-0.15, -0.1) is 0 Å². The summed E-state index contributed by atoms with van der Waals surface area (Å²) in [5, 5.41) is 0. The summed E-state index contributed by atoms with van der Waals surface area (Å²) in [7, 11) is 0. The van der Waals surface area contributed by atoms with Gasteiger partial charge in [-0.3, -0.25) is 4.79 Å². The van der Waals surface area contributed by atoms with Crippen molar-refractivity contribution in [2.75, 3.05) is 0 Å². The topological polar surface area (TPSA) is 56.5 Å². The highest BCUT2D eigenvalue weighted by Gasteiger charge is 2.54. The van der Waals surface area contributed by atoms with Crippen molar-refractivity contribution in [2.24, 2.45) is 17.3 Å². The summed E-state index contributed by atoms with van der Waals surface area (Å²) in [5.74, 6) is 0.480. The number of ether oxygens (including phenoxy) is 1. The van der Waals surface area contributed by atoms with Gasteiger partial charge in [0.25, 0.3) is 0 Å². The van der Waals surface area contributed by atoms with Gasteiger partial charge in [0, 0.05) is 17.1 Å². The second kappa shape index (κ2) is 5.91. The molecular formula is C20H26O4. The minimum Gasteiger partial charge on any atom is -0.461 e. The van der Waals surface area contributed by atoms with Crippen molar-refractivity contribution < 1.29 is 18.7 Å². The molecule has 0 bridgehead atoms. The zero-order chi connectivity index (χ0) is 17.6. The number of Topliss-reactive ketones (excluding diaryl/α,β-unsaturated/α-hetero) is 1. The van der Waals surface area contributed by atoms with Crippen molar-refractivity contribution in [3.63, 3.8) is 0 Å². The van der Waals surface area contributed by atoms with Crippen LogP contribution in [0.4, 0.5) is 0 Å². The number of esters is 1. The third kappa shape index (κ3) is 2.43. The highest BCUT2D eigenvalue weighted by molar-refractivity contribution is 5.99. The first-order chi connectivity index (χ1) is 11.3. The lowest BCUT2D eigenvalue weighted by atomic mass is 9.54. The summed E-state index contributed by atoms with van der Waals surface area (Å²) in [4.78, 5) is 25.0. The van der Waals surface area contributed by atoms with E-state index in [4.69, 9.17) is 9.15 Å². The first kappa shape index (κ1) is 17.0. The summed E-state index contributed by atoms with van der Waals surface area (Å²) in [6.45, 7) is 9.87. The predicted octanol–water partition coefficient (Wildman–Crippen LogP) is 4.26. The molecule has 0 amide bonds. The Hall–Kier alpha value is -1.84. The van der Waals surface area contributed by atoms with Crippen LogP contribution in [0.3, 0.4) is 0 Å². The van der Waals surface area contributed by atoms with Crippen molar-refractivity contribution in [1.29, 1.82) is 0 Å². The Morgan fingerprint density at radius 3 is 2.79 bits per heavy atom. The van der Waals surface area contributed by atoms with Crippen LogP contribution < -0.4 is 0 Å². The highest BCUT2D eigenvalue weighted by atomic mass is 16.5. The molecule has 2 aliphatic carbocycles. The fourth-order valence-electron chi connectivity index (χ4n) is 4.31. The van der Waals surface area contributed by atoms with E-state index in [-0.39, 0.29) is 35.1 Å². The van der Waals surface area contributed by atoms with Crippen molar-refractivity contribution >= 4 is 11.8 Å². The molecule has 1 heterocycles. The van der Waals surface area contributed by atoms with Crippen LogP contribution in [0.2, 0.25) is 0 Å². The van der Waals surface area contributed by atoms with Crippen molar-refractivity contribution in [2.45, 2.75) is 60.0 Å². The fraction of sp³-hybridized carbons (Fsp3) is 0.600. The summed E-state index contributed by atoms with van der Waals surface area (Å²) in [5.41, 5.74) is 2.49. The zero-order valence-corrected chi connectivity index (χ0v) is 15.1. The molecule has 4 atom stereocenters. The van der Waals surface area contributed by atoms with Crippen LogP contribution >= 0.6 is 0 Å². The minimum absolute atomic E-state index is 0.0525. The molecule has 0 N–H and O–H groups in total. The van der Waals surface area contributed by atoms with Crippen LogP contribution in [0.1, 0.15) is 62.2 Å². The van der Waals surface area contributed by atoms with Crippen molar-refractivity contribution in [3.8, 4) is 0 Å². The van der Waals surface area contributed by atoms with Gasteiger partial charge < -0.3 is 9.15 Å². The van der Waals surface area contributed by atoms with Gasteiger partial charge in [0.05, 0.1) is 6.26 Å². The van der Waals surface area contributed by atoms with Crippen molar-refractivity contribution in [3.05, 3.63) is 34.8 Å². The van der Waals surface area contributed by atoms with Gasteiger partial charge in [-0.2, -0.15) is 0 Å². The maximum absolute atomic E-state index is 12.9. The first-order valence-corrected chi connectivity index (χ1v) is 8.74. The Balaban J connectivity index is 1.89.